The van der Waals surface area contributed by atoms with Crippen molar-refractivity contribution in [2.75, 3.05) is 19.5 Å². The molecule has 3 rings (SSSR count). The zero-order chi connectivity index (χ0) is 21.5. The molecule has 0 radical (unpaired) electrons. The summed E-state index contributed by atoms with van der Waals surface area (Å²) in [5.41, 5.74) is 1.64. The molecule has 1 atom stereocenters. The molecule has 0 bridgehead atoms. The van der Waals surface area contributed by atoms with Gasteiger partial charge in [0.05, 0.1) is 20.3 Å². The van der Waals surface area contributed by atoms with Crippen LogP contribution in [0.3, 0.4) is 0 Å². The van der Waals surface area contributed by atoms with Crippen LogP contribution in [-0.2, 0) is 4.79 Å². The molecule has 30 heavy (non-hydrogen) atoms. The SMILES string of the molecule is COc1ccc(C(C)NC(=O)/C(C#N)=C\Nc2cccc3ccccc23)cc1OC. The quantitative estimate of drug-likeness (QED) is 0.448. The molecule has 6 nitrogen and oxygen atoms in total. The lowest BCUT2D eigenvalue weighted by Crippen LogP contribution is -2.28. The van der Waals surface area contributed by atoms with Gasteiger partial charge in [0, 0.05) is 17.3 Å². The van der Waals surface area contributed by atoms with E-state index in [0.717, 1.165) is 22.0 Å². The van der Waals surface area contributed by atoms with Crippen molar-refractivity contribution in [3.63, 3.8) is 0 Å². The summed E-state index contributed by atoms with van der Waals surface area (Å²) in [6, 6.07) is 20.8. The lowest BCUT2D eigenvalue weighted by Gasteiger charge is -2.16. The predicted octanol–water partition coefficient (Wildman–Crippen LogP) is 4.55. The predicted molar refractivity (Wildman–Crippen MR) is 117 cm³/mol. The number of carbonyl (C=O) groups excluding carboxylic acids is 1. The van der Waals surface area contributed by atoms with Crippen molar-refractivity contribution >= 4 is 22.4 Å². The monoisotopic (exact) mass is 401 g/mol. The Hall–Kier alpha value is -3.98. The number of ether oxygens (including phenoxy) is 2. The van der Waals surface area contributed by atoms with E-state index in [9.17, 15) is 10.1 Å². The molecule has 1 unspecified atom stereocenters. The van der Waals surface area contributed by atoms with Gasteiger partial charge >= 0.3 is 0 Å². The van der Waals surface area contributed by atoms with Crippen LogP contribution >= 0.6 is 0 Å². The average molecular weight is 401 g/mol. The van der Waals surface area contributed by atoms with E-state index in [1.807, 2.05) is 61.5 Å². The largest absolute Gasteiger partial charge is 0.493 e. The Morgan fingerprint density at radius 1 is 1.03 bits per heavy atom. The lowest BCUT2D eigenvalue weighted by molar-refractivity contribution is -0.117. The molecule has 0 heterocycles. The van der Waals surface area contributed by atoms with E-state index < -0.39 is 5.91 Å². The Morgan fingerprint density at radius 2 is 1.77 bits per heavy atom. The van der Waals surface area contributed by atoms with E-state index >= 15 is 0 Å². The van der Waals surface area contributed by atoms with Crippen molar-refractivity contribution in [3.8, 4) is 17.6 Å². The fraction of sp³-hybridized carbons (Fsp3) is 0.167. The highest BCUT2D eigenvalue weighted by Crippen LogP contribution is 2.30. The maximum atomic E-state index is 12.6. The van der Waals surface area contributed by atoms with E-state index in [2.05, 4.69) is 10.6 Å². The second kappa shape index (κ2) is 9.48. The van der Waals surface area contributed by atoms with Crippen molar-refractivity contribution in [1.29, 1.82) is 5.26 Å². The van der Waals surface area contributed by atoms with E-state index in [1.165, 1.54) is 6.20 Å². The summed E-state index contributed by atoms with van der Waals surface area (Å²) >= 11 is 0. The molecular formula is C24H23N3O3. The highest BCUT2D eigenvalue weighted by molar-refractivity contribution is 5.99. The van der Waals surface area contributed by atoms with Crippen LogP contribution in [0, 0.1) is 11.3 Å². The van der Waals surface area contributed by atoms with Gasteiger partial charge in [0.1, 0.15) is 11.6 Å². The topological polar surface area (TPSA) is 83.4 Å². The standard InChI is InChI=1S/C24H23N3O3/c1-16(18-11-12-22(29-2)23(13-18)30-3)27-24(28)19(14-25)15-26-21-10-6-8-17-7-4-5-9-20(17)21/h4-13,15-16,26H,1-3H3,(H,27,28)/b19-15-. The Labute approximate surface area is 175 Å². The minimum atomic E-state index is -0.465. The summed E-state index contributed by atoms with van der Waals surface area (Å²) in [5.74, 6) is 0.717. The highest BCUT2D eigenvalue weighted by atomic mass is 16.5. The summed E-state index contributed by atoms with van der Waals surface area (Å²) in [4.78, 5) is 12.6. The number of nitrogens with zero attached hydrogens (tertiary/aromatic N) is 1. The van der Waals surface area contributed by atoms with Gasteiger partial charge in [0.25, 0.3) is 5.91 Å². The van der Waals surface area contributed by atoms with E-state index in [0.29, 0.717) is 11.5 Å². The van der Waals surface area contributed by atoms with Crippen molar-refractivity contribution in [3.05, 3.63) is 78.0 Å². The molecule has 0 aliphatic rings. The molecule has 2 N–H and O–H groups in total. The van der Waals surface area contributed by atoms with Crippen LogP contribution in [0.15, 0.2) is 72.4 Å². The molecular weight excluding hydrogens is 378 g/mol. The highest BCUT2D eigenvalue weighted by Gasteiger charge is 2.16. The van der Waals surface area contributed by atoms with Crippen molar-refractivity contribution in [1.82, 2.24) is 5.32 Å². The van der Waals surface area contributed by atoms with Gasteiger partial charge in [-0.15, -0.1) is 0 Å². The average Bonchev–Trinajstić information content (AvgIpc) is 2.78. The molecule has 0 saturated carbocycles. The molecule has 0 spiro atoms. The van der Waals surface area contributed by atoms with Gasteiger partial charge in [-0.25, -0.2) is 0 Å². The number of fused-ring (bicyclic) bond motifs is 1. The third kappa shape index (κ3) is 4.53. The van der Waals surface area contributed by atoms with Crippen LogP contribution in [-0.4, -0.2) is 20.1 Å². The number of rotatable bonds is 7. The zero-order valence-corrected chi connectivity index (χ0v) is 17.1. The van der Waals surface area contributed by atoms with Gasteiger partial charge in [-0.2, -0.15) is 5.26 Å². The lowest BCUT2D eigenvalue weighted by atomic mass is 10.1. The maximum absolute atomic E-state index is 12.6. The smallest absolute Gasteiger partial charge is 0.263 e. The number of amides is 1. The molecule has 0 aliphatic heterocycles. The molecule has 152 valence electrons. The first-order valence-corrected chi connectivity index (χ1v) is 9.44. The van der Waals surface area contributed by atoms with Crippen LogP contribution in [0.5, 0.6) is 11.5 Å². The number of methoxy groups -OCH3 is 2. The third-order valence-electron chi connectivity index (χ3n) is 4.78. The van der Waals surface area contributed by atoms with Crippen LogP contribution in [0.2, 0.25) is 0 Å². The second-order valence-electron chi connectivity index (χ2n) is 6.65. The van der Waals surface area contributed by atoms with Crippen molar-refractivity contribution in [2.45, 2.75) is 13.0 Å². The molecule has 3 aromatic carbocycles. The fourth-order valence-electron chi connectivity index (χ4n) is 3.13. The van der Waals surface area contributed by atoms with E-state index in [1.54, 1.807) is 26.4 Å². The number of nitrogens with one attached hydrogen (secondary N) is 2. The van der Waals surface area contributed by atoms with Crippen LogP contribution in [0.25, 0.3) is 10.8 Å². The number of benzene rings is 3. The zero-order valence-electron chi connectivity index (χ0n) is 17.1. The summed E-state index contributed by atoms with van der Waals surface area (Å²) in [6.45, 7) is 1.84. The van der Waals surface area contributed by atoms with Gasteiger partial charge in [0.15, 0.2) is 11.5 Å². The maximum Gasteiger partial charge on any atom is 0.263 e. The molecule has 0 aliphatic carbocycles. The van der Waals surface area contributed by atoms with Gasteiger partial charge in [-0.05, 0) is 36.1 Å². The molecule has 6 heteroatoms. The number of carbonyl (C=O) groups is 1. The van der Waals surface area contributed by atoms with Gasteiger partial charge in [0.2, 0.25) is 0 Å². The Kier molecular flexibility index (Phi) is 6.56. The molecule has 0 saturated heterocycles. The number of hydrogen-bond donors (Lipinski definition) is 2. The molecule has 3 aromatic rings. The minimum absolute atomic E-state index is 0.0183. The van der Waals surface area contributed by atoms with Crippen molar-refractivity contribution in [2.24, 2.45) is 0 Å². The van der Waals surface area contributed by atoms with Gasteiger partial charge < -0.3 is 20.1 Å². The number of anilines is 1. The van der Waals surface area contributed by atoms with E-state index in [4.69, 9.17) is 9.47 Å². The molecule has 1 amide bonds. The fourth-order valence-corrected chi connectivity index (χ4v) is 3.13. The molecule has 0 fully saturated rings. The summed E-state index contributed by atoms with van der Waals surface area (Å²) in [7, 11) is 3.12. The Balaban J connectivity index is 1.75. The summed E-state index contributed by atoms with van der Waals surface area (Å²) in [5, 5.41) is 17.5. The van der Waals surface area contributed by atoms with Gasteiger partial charge in [-0.1, -0.05) is 42.5 Å². The number of hydrogen-bond acceptors (Lipinski definition) is 5. The van der Waals surface area contributed by atoms with E-state index in [-0.39, 0.29) is 11.6 Å². The van der Waals surface area contributed by atoms with Crippen molar-refractivity contribution < 1.29 is 14.3 Å². The second-order valence-corrected chi connectivity index (χ2v) is 6.65. The normalized spacial score (nSPS) is 12.0. The van der Waals surface area contributed by atoms with Gasteiger partial charge in [-0.3, -0.25) is 4.79 Å². The Bertz CT molecular complexity index is 1130. The minimum Gasteiger partial charge on any atom is -0.493 e. The number of nitriles is 1. The van der Waals surface area contributed by atoms with Crippen LogP contribution in [0.4, 0.5) is 5.69 Å². The first-order valence-electron chi connectivity index (χ1n) is 9.44. The molecule has 0 aromatic heterocycles. The first-order chi connectivity index (χ1) is 14.6. The summed E-state index contributed by atoms with van der Waals surface area (Å²) < 4.78 is 10.6. The third-order valence-corrected chi connectivity index (χ3v) is 4.78. The summed E-state index contributed by atoms with van der Waals surface area (Å²) in [6.07, 6.45) is 1.43. The first kappa shape index (κ1) is 20.7. The Morgan fingerprint density at radius 3 is 2.50 bits per heavy atom. The van der Waals surface area contributed by atoms with Crippen LogP contribution in [0.1, 0.15) is 18.5 Å². The van der Waals surface area contributed by atoms with Crippen LogP contribution < -0.4 is 20.1 Å².